The summed E-state index contributed by atoms with van der Waals surface area (Å²) in [6.07, 6.45) is 4.54. The molecule has 36 heavy (non-hydrogen) atoms. The van der Waals surface area contributed by atoms with E-state index in [1.807, 2.05) is 31.2 Å². The third-order valence-electron chi connectivity index (χ3n) is 6.72. The SMILES string of the molecule is CC(=O)N1c2ccc(-c3cccc(NS(=O)(=O)N(C)C)c3)cc2N(C(=O)OC2CCCCC2)CC1C. The number of hydrogen-bond donors (Lipinski definition) is 1. The molecule has 10 heteroatoms. The monoisotopic (exact) mass is 514 g/mol. The Hall–Kier alpha value is -3.11. The van der Waals surface area contributed by atoms with E-state index in [2.05, 4.69) is 4.72 Å². The fraction of sp³-hybridized carbons (Fsp3) is 0.462. The first kappa shape index (κ1) is 26.0. The zero-order valence-corrected chi connectivity index (χ0v) is 22.0. The molecular formula is C26H34N4O5S. The first-order valence-corrected chi connectivity index (χ1v) is 13.7. The maximum absolute atomic E-state index is 13.3. The van der Waals surface area contributed by atoms with Gasteiger partial charge in [0, 0.05) is 27.6 Å². The van der Waals surface area contributed by atoms with Crippen LogP contribution in [-0.4, -0.2) is 57.5 Å². The van der Waals surface area contributed by atoms with Gasteiger partial charge in [-0.15, -0.1) is 0 Å². The molecule has 1 fully saturated rings. The summed E-state index contributed by atoms with van der Waals surface area (Å²) in [7, 11) is -0.738. The Balaban J connectivity index is 1.69. The lowest BCUT2D eigenvalue weighted by Gasteiger charge is -2.41. The summed E-state index contributed by atoms with van der Waals surface area (Å²) < 4.78 is 34.1. The molecule has 1 saturated carbocycles. The fourth-order valence-electron chi connectivity index (χ4n) is 4.85. The van der Waals surface area contributed by atoms with Crippen LogP contribution in [0.15, 0.2) is 42.5 Å². The van der Waals surface area contributed by atoms with Crippen LogP contribution in [-0.2, 0) is 19.7 Å². The maximum Gasteiger partial charge on any atom is 0.414 e. The smallest absolute Gasteiger partial charge is 0.414 e. The van der Waals surface area contributed by atoms with Crippen LogP contribution in [0.5, 0.6) is 0 Å². The molecule has 0 bridgehead atoms. The number of carbonyl (C=O) groups excluding carboxylic acids is 2. The molecule has 2 aliphatic rings. The number of hydrogen-bond acceptors (Lipinski definition) is 5. The van der Waals surface area contributed by atoms with Gasteiger partial charge in [0.25, 0.3) is 0 Å². The Labute approximate surface area is 213 Å². The number of amides is 2. The van der Waals surface area contributed by atoms with Gasteiger partial charge in [-0.25, -0.2) is 4.79 Å². The van der Waals surface area contributed by atoms with Crippen LogP contribution in [0.1, 0.15) is 46.0 Å². The lowest BCUT2D eigenvalue weighted by atomic mass is 9.98. The third-order valence-corrected chi connectivity index (χ3v) is 8.17. The molecule has 1 heterocycles. The van der Waals surface area contributed by atoms with Crippen molar-refractivity contribution < 1.29 is 22.7 Å². The molecule has 0 radical (unpaired) electrons. The second-order valence-electron chi connectivity index (χ2n) is 9.67. The molecule has 2 aromatic carbocycles. The van der Waals surface area contributed by atoms with E-state index >= 15 is 0 Å². The summed E-state index contributed by atoms with van der Waals surface area (Å²) >= 11 is 0. The Morgan fingerprint density at radius 3 is 2.36 bits per heavy atom. The van der Waals surface area contributed by atoms with Crippen molar-refractivity contribution in [2.75, 3.05) is 35.2 Å². The van der Waals surface area contributed by atoms with E-state index in [1.165, 1.54) is 27.4 Å². The summed E-state index contributed by atoms with van der Waals surface area (Å²) in [4.78, 5) is 29.1. The summed E-state index contributed by atoms with van der Waals surface area (Å²) in [5.74, 6) is -0.100. The molecule has 2 aromatic rings. The van der Waals surface area contributed by atoms with E-state index < -0.39 is 16.3 Å². The predicted molar refractivity (Wildman–Crippen MR) is 141 cm³/mol. The number of rotatable bonds is 5. The molecule has 4 rings (SSSR count). The zero-order valence-electron chi connectivity index (χ0n) is 21.2. The van der Waals surface area contributed by atoms with Crippen molar-refractivity contribution in [3.8, 4) is 11.1 Å². The van der Waals surface area contributed by atoms with Crippen LogP contribution in [0.25, 0.3) is 11.1 Å². The number of fused-ring (bicyclic) bond motifs is 1. The Kier molecular flexibility index (Phi) is 7.56. The van der Waals surface area contributed by atoms with Crippen molar-refractivity contribution in [2.24, 2.45) is 0 Å². The van der Waals surface area contributed by atoms with Gasteiger partial charge >= 0.3 is 16.3 Å². The summed E-state index contributed by atoms with van der Waals surface area (Å²) in [6.45, 7) is 3.76. The average molecular weight is 515 g/mol. The number of nitrogens with zero attached hydrogens (tertiary/aromatic N) is 3. The minimum absolute atomic E-state index is 0.0829. The minimum Gasteiger partial charge on any atom is -0.446 e. The lowest BCUT2D eigenvalue weighted by molar-refractivity contribution is -0.117. The molecule has 1 aliphatic carbocycles. The van der Waals surface area contributed by atoms with Crippen LogP contribution in [0.4, 0.5) is 21.9 Å². The van der Waals surface area contributed by atoms with Crippen molar-refractivity contribution in [3.05, 3.63) is 42.5 Å². The molecule has 0 saturated heterocycles. The molecule has 2 amide bonds. The molecule has 9 nitrogen and oxygen atoms in total. The molecule has 1 atom stereocenters. The van der Waals surface area contributed by atoms with E-state index in [9.17, 15) is 18.0 Å². The standard InChI is InChI=1S/C26H34N4O5S/c1-18-17-29(26(32)35-23-11-6-5-7-12-23)25-16-21(13-14-24(25)30(18)19(2)31)20-9-8-10-22(15-20)27-36(33,34)28(3)4/h8-10,13-16,18,23,27H,5-7,11-12,17H2,1-4H3. The summed E-state index contributed by atoms with van der Waals surface area (Å²) in [6, 6.07) is 12.4. The van der Waals surface area contributed by atoms with Crippen LogP contribution < -0.4 is 14.5 Å². The first-order valence-electron chi connectivity index (χ1n) is 12.3. The van der Waals surface area contributed by atoms with Crippen molar-refractivity contribution in [1.82, 2.24) is 4.31 Å². The normalized spacial score (nSPS) is 18.6. The lowest BCUT2D eigenvalue weighted by Crippen LogP contribution is -2.52. The molecule has 1 N–H and O–H groups in total. The second-order valence-corrected chi connectivity index (χ2v) is 11.6. The highest BCUT2D eigenvalue weighted by Crippen LogP contribution is 2.40. The predicted octanol–water partition coefficient (Wildman–Crippen LogP) is 4.60. The van der Waals surface area contributed by atoms with Gasteiger partial charge in [0.15, 0.2) is 0 Å². The number of benzene rings is 2. The van der Waals surface area contributed by atoms with Gasteiger partial charge in [-0.2, -0.15) is 12.7 Å². The highest BCUT2D eigenvalue weighted by atomic mass is 32.2. The molecule has 0 spiro atoms. The first-order chi connectivity index (χ1) is 17.1. The van der Waals surface area contributed by atoms with E-state index in [4.69, 9.17) is 4.74 Å². The van der Waals surface area contributed by atoms with Crippen LogP contribution in [0.3, 0.4) is 0 Å². The van der Waals surface area contributed by atoms with Gasteiger partial charge in [-0.1, -0.05) is 24.6 Å². The van der Waals surface area contributed by atoms with Crippen LogP contribution in [0.2, 0.25) is 0 Å². The van der Waals surface area contributed by atoms with Crippen molar-refractivity contribution in [3.63, 3.8) is 0 Å². The minimum atomic E-state index is -3.65. The average Bonchev–Trinajstić information content (AvgIpc) is 2.83. The third kappa shape index (κ3) is 5.49. The van der Waals surface area contributed by atoms with E-state index in [1.54, 1.807) is 28.0 Å². The number of carbonyl (C=O) groups is 2. The quantitative estimate of drug-likeness (QED) is 0.629. The zero-order chi connectivity index (χ0) is 26.0. The number of ether oxygens (including phenoxy) is 1. The molecule has 1 aliphatic heterocycles. The van der Waals surface area contributed by atoms with Gasteiger partial charge in [0.2, 0.25) is 5.91 Å². The number of nitrogens with one attached hydrogen (secondary N) is 1. The van der Waals surface area contributed by atoms with Crippen molar-refractivity contribution in [1.29, 1.82) is 0 Å². The Morgan fingerprint density at radius 2 is 1.69 bits per heavy atom. The maximum atomic E-state index is 13.3. The van der Waals surface area contributed by atoms with Gasteiger partial charge in [0.1, 0.15) is 6.10 Å². The van der Waals surface area contributed by atoms with E-state index in [0.717, 1.165) is 41.1 Å². The van der Waals surface area contributed by atoms with Gasteiger partial charge in [0.05, 0.1) is 23.1 Å². The largest absolute Gasteiger partial charge is 0.446 e. The Morgan fingerprint density at radius 1 is 1.00 bits per heavy atom. The van der Waals surface area contributed by atoms with Crippen LogP contribution >= 0.6 is 0 Å². The Bertz CT molecular complexity index is 1240. The fourth-order valence-corrected chi connectivity index (χ4v) is 5.46. The summed E-state index contributed by atoms with van der Waals surface area (Å²) in [5.41, 5.74) is 3.22. The van der Waals surface area contributed by atoms with Gasteiger partial charge in [-0.05, 0) is 68.0 Å². The topological polar surface area (TPSA) is 99.3 Å². The molecule has 1 unspecified atom stereocenters. The molecule has 194 valence electrons. The van der Waals surface area contributed by atoms with E-state index in [-0.39, 0.29) is 18.1 Å². The van der Waals surface area contributed by atoms with E-state index in [0.29, 0.717) is 23.6 Å². The highest BCUT2D eigenvalue weighted by molar-refractivity contribution is 7.90. The molecular weight excluding hydrogens is 480 g/mol. The van der Waals surface area contributed by atoms with Crippen LogP contribution in [0, 0.1) is 0 Å². The van der Waals surface area contributed by atoms with Gasteiger partial charge < -0.3 is 9.64 Å². The molecule has 0 aromatic heterocycles. The van der Waals surface area contributed by atoms with Gasteiger partial charge in [-0.3, -0.25) is 14.4 Å². The highest BCUT2D eigenvalue weighted by Gasteiger charge is 2.35. The number of anilines is 3. The summed E-state index contributed by atoms with van der Waals surface area (Å²) in [5, 5.41) is 0. The van der Waals surface area contributed by atoms with Crippen molar-refractivity contribution in [2.45, 2.75) is 58.1 Å². The second kappa shape index (κ2) is 10.5. The van der Waals surface area contributed by atoms with Crippen molar-refractivity contribution >= 4 is 39.3 Å².